The summed E-state index contributed by atoms with van der Waals surface area (Å²) in [4.78, 5) is 15.0. The molecular weight excluding hydrogens is 407 g/mol. The van der Waals surface area contributed by atoms with E-state index < -0.39 is 33.9 Å². The molecular formula is C19H18F3N3O3S. The largest absolute Gasteiger partial charge is 0.446 e. The predicted octanol–water partition coefficient (Wildman–Crippen LogP) is 5.39. The molecule has 0 fully saturated rings. The minimum absolute atomic E-state index is 0.0866. The van der Waals surface area contributed by atoms with Gasteiger partial charge in [-0.1, -0.05) is 18.2 Å². The molecule has 3 aromatic rings. The van der Waals surface area contributed by atoms with E-state index in [1.807, 2.05) is 0 Å². The first-order valence-corrected chi connectivity index (χ1v) is 10.1. The number of fused-ring (bicyclic) bond motifs is 1. The third-order valence-electron chi connectivity index (χ3n) is 3.86. The van der Waals surface area contributed by atoms with Crippen molar-refractivity contribution in [1.82, 2.24) is 9.71 Å². The van der Waals surface area contributed by atoms with E-state index in [1.54, 1.807) is 38.1 Å². The van der Waals surface area contributed by atoms with Gasteiger partial charge in [0.2, 0.25) is 0 Å². The summed E-state index contributed by atoms with van der Waals surface area (Å²) in [7, 11) is -3.68. The third-order valence-corrected chi connectivity index (χ3v) is 5.67. The Labute approximate surface area is 165 Å². The Kier molecular flexibility index (Phi) is 5.56. The van der Waals surface area contributed by atoms with Crippen LogP contribution < -0.4 is 4.72 Å². The van der Waals surface area contributed by atoms with Gasteiger partial charge >= 0.3 is 12.3 Å². The standard InChI is InChI=1S/C19H18F3N3O3S/c1-12(2)28-18(26)25-29(27,14-9-7-13(8-10-14)19(20,21)22)24-17-11-23-16-6-4-3-5-15(16)17/h3-12,23H,1-2H3,(H,24,25,26,27). The lowest BCUT2D eigenvalue weighted by atomic mass is 10.2. The van der Waals surface area contributed by atoms with Crippen molar-refractivity contribution in [1.29, 1.82) is 0 Å². The summed E-state index contributed by atoms with van der Waals surface area (Å²) in [6.45, 7) is 3.21. The molecule has 1 aromatic heterocycles. The van der Waals surface area contributed by atoms with E-state index >= 15 is 0 Å². The predicted molar refractivity (Wildman–Crippen MR) is 103 cm³/mol. The van der Waals surface area contributed by atoms with Gasteiger partial charge in [-0.25, -0.2) is 13.7 Å². The quantitative estimate of drug-likeness (QED) is 0.587. The van der Waals surface area contributed by atoms with Crippen molar-refractivity contribution < 1.29 is 26.9 Å². The van der Waals surface area contributed by atoms with E-state index in [4.69, 9.17) is 4.74 Å². The van der Waals surface area contributed by atoms with Crippen molar-refractivity contribution in [2.75, 3.05) is 0 Å². The van der Waals surface area contributed by atoms with Gasteiger partial charge in [-0.05, 0) is 44.2 Å². The summed E-state index contributed by atoms with van der Waals surface area (Å²) in [5, 5.41) is 0.645. The van der Waals surface area contributed by atoms with Gasteiger partial charge in [0.15, 0.2) is 9.92 Å². The maximum Gasteiger partial charge on any atom is 0.420 e. The van der Waals surface area contributed by atoms with Crippen LogP contribution in [0.25, 0.3) is 10.9 Å². The number of rotatable bonds is 4. The Balaban J connectivity index is 2.11. The van der Waals surface area contributed by atoms with Crippen LogP contribution in [0.15, 0.2) is 64.0 Å². The Bertz CT molecular complexity index is 1140. The number of nitrogens with one attached hydrogen (secondary N) is 2. The van der Waals surface area contributed by atoms with Crippen LogP contribution in [0.1, 0.15) is 19.4 Å². The van der Waals surface area contributed by atoms with Crippen molar-refractivity contribution >= 4 is 32.6 Å². The molecule has 2 N–H and O–H groups in total. The Morgan fingerprint density at radius 1 is 1.14 bits per heavy atom. The highest BCUT2D eigenvalue weighted by molar-refractivity contribution is 7.92. The number of aromatic amines is 1. The van der Waals surface area contributed by atoms with Crippen LogP contribution in [0.2, 0.25) is 0 Å². The highest BCUT2D eigenvalue weighted by Gasteiger charge is 2.30. The third kappa shape index (κ3) is 4.70. The maximum atomic E-state index is 13.6. The van der Waals surface area contributed by atoms with Gasteiger partial charge < -0.3 is 9.72 Å². The number of hydrogen-bond donors (Lipinski definition) is 2. The molecule has 154 valence electrons. The van der Waals surface area contributed by atoms with Crippen LogP contribution in [0, 0.1) is 0 Å². The number of hydrogen-bond acceptors (Lipinski definition) is 4. The first-order chi connectivity index (χ1) is 13.6. The number of nitrogens with zero attached hydrogens (tertiary/aromatic N) is 1. The van der Waals surface area contributed by atoms with Crippen LogP contribution in [0.4, 0.5) is 23.7 Å². The zero-order valence-corrected chi connectivity index (χ0v) is 16.3. The molecule has 0 aliphatic heterocycles. The lowest BCUT2D eigenvalue weighted by Crippen LogP contribution is -2.32. The first kappa shape index (κ1) is 20.7. The highest BCUT2D eigenvalue weighted by atomic mass is 32.2. The number of carbonyl (C=O) groups excluding carboxylic acids is 1. The minimum Gasteiger partial charge on any atom is -0.446 e. The molecule has 2 aromatic carbocycles. The molecule has 0 aliphatic carbocycles. The molecule has 0 bridgehead atoms. The van der Waals surface area contributed by atoms with Gasteiger partial charge in [0.25, 0.3) is 0 Å². The highest BCUT2D eigenvalue weighted by Crippen LogP contribution is 2.31. The lowest BCUT2D eigenvalue weighted by Gasteiger charge is -2.15. The number of benzene rings is 2. The van der Waals surface area contributed by atoms with Crippen LogP contribution >= 0.6 is 0 Å². The van der Waals surface area contributed by atoms with Crippen LogP contribution in [0.5, 0.6) is 0 Å². The molecule has 0 aliphatic rings. The van der Waals surface area contributed by atoms with Gasteiger partial charge in [-0.3, -0.25) is 0 Å². The second-order valence-corrected chi connectivity index (χ2v) is 8.32. The Hall–Kier alpha value is -3.01. The fraction of sp³-hybridized carbons (Fsp3) is 0.211. The molecule has 6 nitrogen and oxygen atoms in total. The van der Waals surface area contributed by atoms with Crippen LogP contribution in [-0.4, -0.2) is 21.4 Å². The molecule has 0 saturated heterocycles. The first-order valence-electron chi connectivity index (χ1n) is 8.57. The van der Waals surface area contributed by atoms with Gasteiger partial charge in [0.1, 0.15) is 5.69 Å². The van der Waals surface area contributed by atoms with Crippen molar-refractivity contribution in [3.8, 4) is 0 Å². The van der Waals surface area contributed by atoms with Crippen molar-refractivity contribution in [3.05, 3.63) is 60.3 Å². The summed E-state index contributed by atoms with van der Waals surface area (Å²) < 4.78 is 63.5. The number of halogens is 3. The zero-order chi connectivity index (χ0) is 21.2. The zero-order valence-electron chi connectivity index (χ0n) is 15.5. The van der Waals surface area contributed by atoms with Crippen molar-refractivity contribution in [2.45, 2.75) is 31.0 Å². The van der Waals surface area contributed by atoms with E-state index in [0.717, 1.165) is 29.8 Å². The van der Waals surface area contributed by atoms with E-state index in [9.17, 15) is 22.2 Å². The SMILES string of the molecule is CC(C)OC(=O)NS(=O)(=Nc1c[nH]c2ccccc12)c1ccc(C(F)(F)F)cc1. The molecule has 10 heteroatoms. The molecule has 3 rings (SSSR count). The number of alkyl halides is 3. The van der Waals surface area contributed by atoms with Gasteiger partial charge in [-0.15, -0.1) is 0 Å². The summed E-state index contributed by atoms with van der Waals surface area (Å²) >= 11 is 0. The molecule has 29 heavy (non-hydrogen) atoms. The second kappa shape index (κ2) is 7.78. The summed E-state index contributed by atoms with van der Waals surface area (Å²) in [5.41, 5.74) is 0.111. The topological polar surface area (TPSA) is 83.5 Å². The van der Waals surface area contributed by atoms with Gasteiger partial charge in [0, 0.05) is 17.1 Å². The summed E-state index contributed by atoms with van der Waals surface area (Å²) in [5.74, 6) is 0. The Morgan fingerprint density at radius 3 is 2.41 bits per heavy atom. The number of amides is 1. The number of H-pyrrole nitrogens is 1. The Morgan fingerprint density at radius 2 is 1.79 bits per heavy atom. The minimum atomic E-state index is -4.54. The molecule has 0 saturated carbocycles. The second-order valence-electron chi connectivity index (χ2n) is 6.41. The van der Waals surface area contributed by atoms with Crippen LogP contribution in [-0.2, 0) is 20.8 Å². The van der Waals surface area contributed by atoms with Gasteiger partial charge in [0.05, 0.1) is 16.6 Å². The summed E-state index contributed by atoms with van der Waals surface area (Å²) in [6, 6.07) is 10.7. The molecule has 0 spiro atoms. The number of carbonyl (C=O) groups is 1. The average Bonchev–Trinajstić information content (AvgIpc) is 3.03. The number of aromatic nitrogens is 1. The summed E-state index contributed by atoms with van der Waals surface area (Å²) in [6.07, 6.45) is -4.52. The molecule has 0 radical (unpaired) electrons. The number of para-hydroxylation sites is 1. The normalized spacial score (nSPS) is 13.9. The van der Waals surface area contributed by atoms with Crippen molar-refractivity contribution in [3.63, 3.8) is 0 Å². The fourth-order valence-electron chi connectivity index (χ4n) is 2.58. The van der Waals surface area contributed by atoms with Crippen molar-refractivity contribution in [2.24, 2.45) is 4.36 Å². The van der Waals surface area contributed by atoms with E-state index in [0.29, 0.717) is 5.39 Å². The smallest absolute Gasteiger partial charge is 0.420 e. The van der Waals surface area contributed by atoms with E-state index in [2.05, 4.69) is 14.1 Å². The number of ether oxygens (including phenoxy) is 1. The molecule has 1 atom stereocenters. The molecule has 1 amide bonds. The molecule has 1 heterocycles. The van der Waals surface area contributed by atoms with Gasteiger partial charge in [-0.2, -0.15) is 17.5 Å². The maximum absolute atomic E-state index is 13.6. The lowest BCUT2D eigenvalue weighted by molar-refractivity contribution is -0.137. The fourth-order valence-corrected chi connectivity index (χ4v) is 4.06. The van der Waals surface area contributed by atoms with E-state index in [1.165, 1.54) is 6.20 Å². The monoisotopic (exact) mass is 425 g/mol. The average molecular weight is 425 g/mol. The molecule has 1 unspecified atom stereocenters. The van der Waals surface area contributed by atoms with E-state index in [-0.39, 0.29) is 10.6 Å². The van der Waals surface area contributed by atoms with Crippen LogP contribution in [0.3, 0.4) is 0 Å².